The van der Waals surface area contributed by atoms with E-state index in [4.69, 9.17) is 0 Å². The second-order valence-corrected chi connectivity index (χ2v) is 6.55. The third kappa shape index (κ3) is 3.12. The summed E-state index contributed by atoms with van der Waals surface area (Å²) in [6.07, 6.45) is 3.44. The summed E-state index contributed by atoms with van der Waals surface area (Å²) < 4.78 is 14.0. The molecule has 0 heterocycles. The number of hydrogen-bond donors (Lipinski definition) is 1. The van der Waals surface area contributed by atoms with Gasteiger partial charge in [-0.15, -0.1) is 0 Å². The molecule has 2 atom stereocenters. The first-order valence-electron chi connectivity index (χ1n) is 5.96. The van der Waals surface area contributed by atoms with Crippen molar-refractivity contribution in [1.82, 2.24) is 5.32 Å². The summed E-state index contributed by atoms with van der Waals surface area (Å²) in [5, 5.41) is 2.81. The van der Waals surface area contributed by atoms with Gasteiger partial charge in [0.1, 0.15) is 5.82 Å². The van der Waals surface area contributed by atoms with Crippen LogP contribution in [0.15, 0.2) is 22.7 Å². The summed E-state index contributed by atoms with van der Waals surface area (Å²) in [5.41, 5.74) is 0.0912. The number of benzene rings is 1. The first-order chi connectivity index (χ1) is 8.59. The van der Waals surface area contributed by atoms with Gasteiger partial charge in [-0.25, -0.2) is 4.39 Å². The van der Waals surface area contributed by atoms with Gasteiger partial charge in [-0.2, -0.15) is 0 Å². The van der Waals surface area contributed by atoms with Gasteiger partial charge in [-0.3, -0.25) is 4.79 Å². The highest BCUT2D eigenvalue weighted by molar-refractivity contribution is 9.10. The second kappa shape index (κ2) is 6.15. The van der Waals surface area contributed by atoms with Gasteiger partial charge in [-0.1, -0.05) is 28.4 Å². The highest BCUT2D eigenvalue weighted by Crippen LogP contribution is 2.30. The SMILES string of the molecule is O=C(NCC1CCCC1Br)c1cccc(Br)c1F. The minimum atomic E-state index is -0.503. The zero-order valence-corrected chi connectivity index (χ0v) is 12.9. The number of alkyl halides is 1. The van der Waals surface area contributed by atoms with E-state index in [0.717, 1.165) is 12.8 Å². The minimum absolute atomic E-state index is 0.0912. The number of halogens is 3. The van der Waals surface area contributed by atoms with Crippen LogP contribution < -0.4 is 5.32 Å². The molecule has 2 rings (SSSR count). The third-order valence-electron chi connectivity index (χ3n) is 3.29. The number of carbonyl (C=O) groups excluding carboxylic acids is 1. The lowest BCUT2D eigenvalue weighted by molar-refractivity contribution is 0.0943. The van der Waals surface area contributed by atoms with Gasteiger partial charge in [0, 0.05) is 11.4 Å². The van der Waals surface area contributed by atoms with E-state index in [1.54, 1.807) is 12.1 Å². The van der Waals surface area contributed by atoms with Crippen LogP contribution in [0.2, 0.25) is 0 Å². The lowest BCUT2D eigenvalue weighted by Crippen LogP contribution is -2.31. The van der Waals surface area contributed by atoms with E-state index in [-0.39, 0.29) is 11.5 Å². The third-order valence-corrected chi connectivity index (χ3v) is 5.11. The van der Waals surface area contributed by atoms with Crippen LogP contribution >= 0.6 is 31.9 Å². The van der Waals surface area contributed by atoms with Gasteiger partial charge in [0.05, 0.1) is 10.0 Å². The molecule has 0 spiro atoms. The molecule has 1 saturated carbocycles. The van der Waals surface area contributed by atoms with E-state index >= 15 is 0 Å². The fourth-order valence-electron chi connectivity index (χ4n) is 2.22. The van der Waals surface area contributed by atoms with Crippen LogP contribution in [0.3, 0.4) is 0 Å². The van der Waals surface area contributed by atoms with Gasteiger partial charge in [-0.05, 0) is 46.8 Å². The molecule has 0 aliphatic heterocycles. The summed E-state index contributed by atoms with van der Waals surface area (Å²) in [7, 11) is 0. The predicted octanol–water partition coefficient (Wildman–Crippen LogP) is 3.88. The first-order valence-corrected chi connectivity index (χ1v) is 7.66. The smallest absolute Gasteiger partial charge is 0.254 e. The molecule has 1 fully saturated rings. The highest BCUT2D eigenvalue weighted by atomic mass is 79.9. The quantitative estimate of drug-likeness (QED) is 0.794. The number of nitrogens with one attached hydrogen (secondary N) is 1. The molecule has 98 valence electrons. The average molecular weight is 379 g/mol. The van der Waals surface area contributed by atoms with Gasteiger partial charge in [0.15, 0.2) is 0 Å². The fourth-order valence-corrected chi connectivity index (χ4v) is 3.36. The lowest BCUT2D eigenvalue weighted by Gasteiger charge is -2.15. The van der Waals surface area contributed by atoms with Crippen LogP contribution in [0.5, 0.6) is 0 Å². The van der Waals surface area contributed by atoms with E-state index in [9.17, 15) is 9.18 Å². The molecule has 18 heavy (non-hydrogen) atoms. The van der Waals surface area contributed by atoms with Crippen molar-refractivity contribution in [2.24, 2.45) is 5.92 Å². The maximum atomic E-state index is 13.7. The second-order valence-electron chi connectivity index (χ2n) is 4.52. The standard InChI is InChI=1S/C13H14Br2FNO/c14-10-5-1-3-8(10)7-17-13(18)9-4-2-6-11(15)12(9)16/h2,4,6,8,10H,1,3,5,7H2,(H,17,18). The largest absolute Gasteiger partial charge is 0.352 e. The Kier molecular flexibility index (Phi) is 4.78. The molecule has 1 aliphatic carbocycles. The molecule has 0 radical (unpaired) electrons. The van der Waals surface area contributed by atoms with Crippen molar-refractivity contribution < 1.29 is 9.18 Å². The molecule has 1 aromatic carbocycles. The molecule has 0 saturated heterocycles. The number of carbonyl (C=O) groups is 1. The fraction of sp³-hybridized carbons (Fsp3) is 0.462. The van der Waals surface area contributed by atoms with Crippen molar-refractivity contribution in [3.63, 3.8) is 0 Å². The van der Waals surface area contributed by atoms with E-state index in [0.29, 0.717) is 21.8 Å². The minimum Gasteiger partial charge on any atom is -0.352 e. The van der Waals surface area contributed by atoms with Crippen molar-refractivity contribution >= 4 is 37.8 Å². The Bertz CT molecular complexity index is 453. The Labute approximate surface area is 123 Å². The predicted molar refractivity (Wildman–Crippen MR) is 76.5 cm³/mol. The van der Waals surface area contributed by atoms with E-state index < -0.39 is 5.82 Å². The van der Waals surface area contributed by atoms with E-state index in [1.165, 1.54) is 12.5 Å². The Morgan fingerprint density at radius 3 is 2.89 bits per heavy atom. The van der Waals surface area contributed by atoms with Gasteiger partial charge < -0.3 is 5.32 Å². The van der Waals surface area contributed by atoms with Gasteiger partial charge in [0.2, 0.25) is 0 Å². The Balaban J connectivity index is 1.97. The van der Waals surface area contributed by atoms with Gasteiger partial charge >= 0.3 is 0 Å². The highest BCUT2D eigenvalue weighted by Gasteiger charge is 2.25. The van der Waals surface area contributed by atoms with Crippen LogP contribution in [0, 0.1) is 11.7 Å². The molecule has 1 amide bonds. The Morgan fingerprint density at radius 1 is 1.44 bits per heavy atom. The normalized spacial score (nSPS) is 23.1. The van der Waals surface area contributed by atoms with Crippen molar-refractivity contribution in [1.29, 1.82) is 0 Å². The van der Waals surface area contributed by atoms with E-state index in [1.807, 2.05) is 0 Å². The zero-order chi connectivity index (χ0) is 13.1. The molecule has 1 aromatic rings. The first kappa shape index (κ1) is 14.0. The number of rotatable bonds is 3. The van der Waals surface area contributed by atoms with Crippen molar-refractivity contribution in [3.05, 3.63) is 34.1 Å². The van der Waals surface area contributed by atoms with Crippen molar-refractivity contribution in [3.8, 4) is 0 Å². The number of hydrogen-bond acceptors (Lipinski definition) is 1. The van der Waals surface area contributed by atoms with E-state index in [2.05, 4.69) is 37.2 Å². The Hall–Kier alpha value is -0.420. The molecular formula is C13H14Br2FNO. The summed E-state index contributed by atoms with van der Waals surface area (Å²) >= 11 is 6.68. The average Bonchev–Trinajstić information content (AvgIpc) is 2.75. The molecule has 2 nitrogen and oxygen atoms in total. The summed E-state index contributed by atoms with van der Waals surface area (Å²) in [6.45, 7) is 0.598. The summed E-state index contributed by atoms with van der Waals surface area (Å²) in [4.78, 5) is 12.4. The van der Waals surface area contributed by atoms with Crippen LogP contribution in [-0.2, 0) is 0 Å². The van der Waals surface area contributed by atoms with Crippen molar-refractivity contribution in [2.75, 3.05) is 6.54 Å². The monoisotopic (exact) mass is 377 g/mol. The molecule has 1 N–H and O–H groups in total. The van der Waals surface area contributed by atoms with Crippen LogP contribution in [0.4, 0.5) is 4.39 Å². The topological polar surface area (TPSA) is 29.1 Å². The van der Waals surface area contributed by atoms with Crippen LogP contribution in [0.25, 0.3) is 0 Å². The maximum Gasteiger partial charge on any atom is 0.254 e. The van der Waals surface area contributed by atoms with Crippen LogP contribution in [-0.4, -0.2) is 17.3 Å². The zero-order valence-electron chi connectivity index (χ0n) is 9.76. The molecule has 2 unspecified atom stereocenters. The number of amides is 1. The Morgan fingerprint density at radius 2 is 2.22 bits per heavy atom. The molecule has 0 bridgehead atoms. The van der Waals surface area contributed by atoms with Crippen LogP contribution in [0.1, 0.15) is 29.6 Å². The molecule has 0 aromatic heterocycles. The summed E-state index contributed by atoms with van der Waals surface area (Å²) in [6, 6.07) is 4.73. The maximum absolute atomic E-state index is 13.7. The molecule has 5 heteroatoms. The van der Waals surface area contributed by atoms with Crippen molar-refractivity contribution in [2.45, 2.75) is 24.1 Å². The van der Waals surface area contributed by atoms with Gasteiger partial charge in [0.25, 0.3) is 5.91 Å². The molecular weight excluding hydrogens is 365 g/mol. The summed E-state index contributed by atoms with van der Waals surface area (Å²) in [5.74, 6) is -0.402. The lowest BCUT2D eigenvalue weighted by atomic mass is 10.1. The molecule has 1 aliphatic rings.